The summed E-state index contributed by atoms with van der Waals surface area (Å²) >= 11 is 0. The number of piperazine rings is 1. The molecule has 140 valence electrons. The average Bonchev–Trinajstić information content (AvgIpc) is 3.35. The first-order valence-corrected chi connectivity index (χ1v) is 9.30. The van der Waals surface area contributed by atoms with E-state index in [-0.39, 0.29) is 6.10 Å². The Morgan fingerprint density at radius 3 is 2.65 bits per heavy atom. The molecule has 0 spiro atoms. The molecule has 0 aliphatic carbocycles. The lowest BCUT2D eigenvalue weighted by atomic mass is 10.2. The Morgan fingerprint density at radius 1 is 1.15 bits per heavy atom. The summed E-state index contributed by atoms with van der Waals surface area (Å²) in [6.07, 6.45) is 2.49. The number of hydrogen-bond donors (Lipinski definition) is 0. The molecule has 2 aliphatic heterocycles. The van der Waals surface area contributed by atoms with Crippen molar-refractivity contribution in [1.82, 2.24) is 25.1 Å². The Labute approximate surface area is 153 Å². The van der Waals surface area contributed by atoms with Crippen LogP contribution in [0.4, 0.5) is 5.69 Å². The van der Waals surface area contributed by atoms with E-state index >= 15 is 0 Å². The van der Waals surface area contributed by atoms with Crippen LogP contribution in [0.2, 0.25) is 0 Å². The highest BCUT2D eigenvalue weighted by Gasteiger charge is 2.22. The van der Waals surface area contributed by atoms with Crippen LogP contribution < -0.4 is 9.64 Å². The van der Waals surface area contributed by atoms with Gasteiger partial charge >= 0.3 is 0 Å². The average molecular weight is 358 g/mol. The minimum atomic E-state index is 0.254. The van der Waals surface area contributed by atoms with Crippen molar-refractivity contribution in [3.05, 3.63) is 30.1 Å². The summed E-state index contributed by atoms with van der Waals surface area (Å²) < 4.78 is 12.8. The predicted molar refractivity (Wildman–Crippen MR) is 97.3 cm³/mol. The van der Waals surface area contributed by atoms with Crippen LogP contribution >= 0.6 is 0 Å². The highest BCUT2D eigenvalue weighted by atomic mass is 16.5. The van der Waals surface area contributed by atoms with Crippen molar-refractivity contribution in [3.63, 3.8) is 0 Å². The third-order valence-electron chi connectivity index (χ3n) is 5.18. The molecule has 4 rings (SSSR count). The third kappa shape index (κ3) is 3.96. The number of aromatic nitrogens is 4. The molecule has 0 amide bonds. The summed E-state index contributed by atoms with van der Waals surface area (Å²) in [4.78, 5) is 4.82. The molecular formula is C18H26N6O2. The molecule has 26 heavy (non-hydrogen) atoms. The number of ether oxygens (including phenoxy) is 2. The first-order valence-electron chi connectivity index (χ1n) is 9.30. The van der Waals surface area contributed by atoms with E-state index in [1.165, 1.54) is 5.69 Å². The van der Waals surface area contributed by atoms with Crippen molar-refractivity contribution in [2.24, 2.45) is 0 Å². The lowest BCUT2D eigenvalue weighted by Crippen LogP contribution is -2.46. The number of hydrogen-bond acceptors (Lipinski definition) is 7. The summed E-state index contributed by atoms with van der Waals surface area (Å²) in [5, 5.41) is 12.2. The first kappa shape index (κ1) is 17.2. The van der Waals surface area contributed by atoms with Gasteiger partial charge in [0.15, 0.2) is 5.82 Å². The Morgan fingerprint density at radius 2 is 1.96 bits per heavy atom. The van der Waals surface area contributed by atoms with E-state index in [0.29, 0.717) is 0 Å². The lowest BCUT2D eigenvalue weighted by Gasteiger charge is -2.35. The molecule has 2 aromatic rings. The molecule has 2 aliphatic rings. The summed E-state index contributed by atoms with van der Waals surface area (Å²) in [7, 11) is 1.69. The summed E-state index contributed by atoms with van der Waals surface area (Å²) in [5.74, 6) is 1.82. The van der Waals surface area contributed by atoms with Gasteiger partial charge in [-0.15, -0.1) is 5.10 Å². The van der Waals surface area contributed by atoms with Crippen LogP contribution in [-0.2, 0) is 17.8 Å². The van der Waals surface area contributed by atoms with Crippen molar-refractivity contribution in [2.45, 2.75) is 32.0 Å². The molecule has 0 bridgehead atoms. The fraction of sp³-hybridized carbons (Fsp3) is 0.611. The van der Waals surface area contributed by atoms with Crippen LogP contribution in [0.15, 0.2) is 24.3 Å². The van der Waals surface area contributed by atoms with Crippen LogP contribution in [0.5, 0.6) is 5.75 Å². The largest absolute Gasteiger partial charge is 0.497 e. The van der Waals surface area contributed by atoms with Gasteiger partial charge in [0.25, 0.3) is 0 Å². The van der Waals surface area contributed by atoms with Crippen LogP contribution in [0.1, 0.15) is 18.7 Å². The van der Waals surface area contributed by atoms with Crippen LogP contribution in [0, 0.1) is 0 Å². The number of anilines is 1. The SMILES string of the molecule is COc1ccc(N2CCN(Cc3nnnn3C[C@@H]3CCCO3)CC2)cc1. The van der Waals surface area contributed by atoms with Gasteiger partial charge in [-0.25, -0.2) is 4.68 Å². The minimum Gasteiger partial charge on any atom is -0.497 e. The second kappa shape index (κ2) is 8.01. The fourth-order valence-corrected chi connectivity index (χ4v) is 3.62. The molecule has 3 heterocycles. The molecule has 2 fully saturated rings. The van der Waals surface area contributed by atoms with Gasteiger partial charge in [0.2, 0.25) is 0 Å². The molecule has 0 N–H and O–H groups in total. The van der Waals surface area contributed by atoms with E-state index in [2.05, 4.69) is 37.5 Å². The summed E-state index contributed by atoms with van der Waals surface area (Å²) in [6, 6.07) is 8.27. The fourth-order valence-electron chi connectivity index (χ4n) is 3.62. The normalized spacial score (nSPS) is 21.3. The molecule has 2 saturated heterocycles. The maximum atomic E-state index is 5.71. The van der Waals surface area contributed by atoms with Gasteiger partial charge in [-0.2, -0.15) is 0 Å². The van der Waals surface area contributed by atoms with E-state index in [0.717, 1.165) is 70.3 Å². The topological polar surface area (TPSA) is 68.5 Å². The minimum absolute atomic E-state index is 0.254. The Hall–Kier alpha value is -2.19. The molecule has 0 radical (unpaired) electrons. The van der Waals surface area contributed by atoms with Gasteiger partial charge in [-0.3, -0.25) is 4.90 Å². The highest BCUT2D eigenvalue weighted by molar-refractivity contribution is 5.49. The van der Waals surface area contributed by atoms with Gasteiger partial charge in [0, 0.05) is 38.5 Å². The number of tetrazole rings is 1. The van der Waals surface area contributed by atoms with Gasteiger partial charge in [-0.1, -0.05) is 0 Å². The molecule has 1 aromatic carbocycles. The standard InChI is InChI=1S/C18H26N6O2/c1-25-16-6-4-15(5-7-16)23-10-8-22(9-11-23)14-18-19-20-21-24(18)13-17-3-2-12-26-17/h4-7,17H,2-3,8-14H2,1H3/t17-/m0/s1. The van der Waals surface area contributed by atoms with E-state index in [9.17, 15) is 0 Å². The molecule has 8 heteroatoms. The molecular weight excluding hydrogens is 332 g/mol. The second-order valence-corrected chi connectivity index (χ2v) is 6.87. The van der Waals surface area contributed by atoms with E-state index in [1.54, 1.807) is 7.11 Å². The second-order valence-electron chi connectivity index (χ2n) is 6.87. The van der Waals surface area contributed by atoms with Gasteiger partial charge in [0.1, 0.15) is 5.75 Å². The number of methoxy groups -OCH3 is 1. The molecule has 8 nitrogen and oxygen atoms in total. The quantitative estimate of drug-likeness (QED) is 0.768. The Balaban J connectivity index is 1.30. The molecule has 1 aromatic heterocycles. The zero-order valence-corrected chi connectivity index (χ0v) is 15.3. The van der Waals surface area contributed by atoms with Crippen molar-refractivity contribution < 1.29 is 9.47 Å². The monoisotopic (exact) mass is 358 g/mol. The first-order chi connectivity index (χ1) is 12.8. The van der Waals surface area contributed by atoms with Crippen molar-refractivity contribution in [3.8, 4) is 5.75 Å². The van der Waals surface area contributed by atoms with Crippen LogP contribution in [0.25, 0.3) is 0 Å². The smallest absolute Gasteiger partial charge is 0.165 e. The van der Waals surface area contributed by atoms with Crippen LogP contribution in [-0.4, -0.2) is 71.1 Å². The third-order valence-corrected chi connectivity index (χ3v) is 5.18. The van der Waals surface area contributed by atoms with Crippen molar-refractivity contribution >= 4 is 5.69 Å². The van der Waals surface area contributed by atoms with Crippen molar-refractivity contribution in [1.29, 1.82) is 0 Å². The van der Waals surface area contributed by atoms with Gasteiger partial charge in [-0.05, 0) is 47.5 Å². The highest BCUT2D eigenvalue weighted by Crippen LogP contribution is 2.21. The zero-order chi connectivity index (χ0) is 17.8. The Bertz CT molecular complexity index is 690. The number of benzene rings is 1. The Kier molecular flexibility index (Phi) is 5.31. The van der Waals surface area contributed by atoms with E-state index in [4.69, 9.17) is 9.47 Å². The molecule has 1 atom stereocenters. The molecule has 0 unspecified atom stereocenters. The number of nitrogens with zero attached hydrogens (tertiary/aromatic N) is 6. The van der Waals surface area contributed by atoms with Gasteiger partial charge in [0.05, 0.1) is 26.3 Å². The maximum Gasteiger partial charge on any atom is 0.165 e. The van der Waals surface area contributed by atoms with E-state index < -0.39 is 0 Å². The van der Waals surface area contributed by atoms with Gasteiger partial charge < -0.3 is 14.4 Å². The maximum absolute atomic E-state index is 5.71. The van der Waals surface area contributed by atoms with Crippen LogP contribution in [0.3, 0.4) is 0 Å². The lowest BCUT2D eigenvalue weighted by molar-refractivity contribution is 0.0916. The predicted octanol–water partition coefficient (Wildman–Crippen LogP) is 1.18. The number of rotatable bonds is 6. The zero-order valence-electron chi connectivity index (χ0n) is 15.3. The summed E-state index contributed by atoms with van der Waals surface area (Å²) in [6.45, 7) is 6.40. The molecule has 0 saturated carbocycles. The van der Waals surface area contributed by atoms with Crippen molar-refractivity contribution in [2.75, 3.05) is 44.8 Å². The van der Waals surface area contributed by atoms with E-state index in [1.807, 2.05) is 16.8 Å². The summed E-state index contributed by atoms with van der Waals surface area (Å²) in [5.41, 5.74) is 1.24.